The van der Waals surface area contributed by atoms with Crippen LogP contribution >= 0.6 is 0 Å². The second kappa shape index (κ2) is 6.74. The van der Waals surface area contributed by atoms with E-state index >= 15 is 0 Å². The molecule has 0 bridgehead atoms. The average Bonchev–Trinajstić information content (AvgIpc) is 2.60. The average molecular weight is 347 g/mol. The van der Waals surface area contributed by atoms with Crippen LogP contribution in [0.15, 0.2) is 48.5 Å². The zero-order valence-corrected chi connectivity index (χ0v) is 15.9. The van der Waals surface area contributed by atoms with Gasteiger partial charge < -0.3 is 4.90 Å². The largest absolute Gasteiger partial charge is 0.371 e. The van der Waals surface area contributed by atoms with Crippen molar-refractivity contribution in [1.29, 1.82) is 0 Å². The van der Waals surface area contributed by atoms with Gasteiger partial charge in [0.25, 0.3) is 0 Å². The molecule has 5 rings (SSSR count). The van der Waals surface area contributed by atoms with Crippen LogP contribution in [0.4, 0.5) is 5.69 Å². The molecule has 136 valence electrons. The fraction of sp³-hybridized carbons (Fsp3) is 0.500. The summed E-state index contributed by atoms with van der Waals surface area (Å²) in [5.74, 6) is 1.49. The van der Waals surface area contributed by atoms with Gasteiger partial charge in [-0.05, 0) is 73.5 Å². The molecule has 0 amide bonds. The van der Waals surface area contributed by atoms with Gasteiger partial charge in [-0.2, -0.15) is 0 Å². The van der Waals surface area contributed by atoms with Crippen molar-refractivity contribution in [2.75, 3.05) is 31.1 Å². The molecule has 3 aliphatic rings. The lowest BCUT2D eigenvalue weighted by molar-refractivity contribution is 0.0877. The van der Waals surface area contributed by atoms with Crippen LogP contribution < -0.4 is 4.90 Å². The topological polar surface area (TPSA) is 6.48 Å². The molecule has 2 atom stereocenters. The summed E-state index contributed by atoms with van der Waals surface area (Å²) < 4.78 is 0. The third kappa shape index (κ3) is 2.95. The third-order valence-corrected chi connectivity index (χ3v) is 6.79. The van der Waals surface area contributed by atoms with Gasteiger partial charge in [0.05, 0.1) is 0 Å². The van der Waals surface area contributed by atoms with Gasteiger partial charge >= 0.3 is 0 Å². The van der Waals surface area contributed by atoms with Crippen molar-refractivity contribution in [3.63, 3.8) is 0 Å². The predicted octanol–water partition coefficient (Wildman–Crippen LogP) is 4.49. The zero-order chi connectivity index (χ0) is 17.5. The number of hydrogen-bond acceptors (Lipinski definition) is 2. The van der Waals surface area contributed by atoms with E-state index in [9.17, 15) is 0 Å². The lowest BCUT2D eigenvalue weighted by Crippen LogP contribution is -2.50. The molecule has 2 aromatic rings. The molecule has 2 heterocycles. The van der Waals surface area contributed by atoms with Crippen LogP contribution in [0.5, 0.6) is 0 Å². The Morgan fingerprint density at radius 1 is 1.00 bits per heavy atom. The Kier molecular flexibility index (Phi) is 4.24. The van der Waals surface area contributed by atoms with Crippen molar-refractivity contribution < 1.29 is 0 Å². The highest BCUT2D eigenvalue weighted by Crippen LogP contribution is 2.41. The summed E-state index contributed by atoms with van der Waals surface area (Å²) in [6.07, 6.45) is 5.13. The summed E-state index contributed by atoms with van der Waals surface area (Å²) in [5, 5.41) is 0. The number of fused-ring (bicyclic) bond motifs is 1. The van der Waals surface area contributed by atoms with Gasteiger partial charge in [0.2, 0.25) is 0 Å². The van der Waals surface area contributed by atoms with Crippen LogP contribution in [-0.4, -0.2) is 37.1 Å². The van der Waals surface area contributed by atoms with Gasteiger partial charge in [0, 0.05) is 30.7 Å². The van der Waals surface area contributed by atoms with Crippen LogP contribution in [0.2, 0.25) is 0 Å². The van der Waals surface area contributed by atoms with Crippen molar-refractivity contribution in [2.24, 2.45) is 5.92 Å². The van der Waals surface area contributed by atoms with Crippen molar-refractivity contribution in [1.82, 2.24) is 4.90 Å². The van der Waals surface area contributed by atoms with Crippen LogP contribution in [0.25, 0.3) is 0 Å². The maximum Gasteiger partial charge on any atom is 0.0369 e. The van der Waals surface area contributed by atoms with Crippen molar-refractivity contribution in [3.05, 3.63) is 65.2 Å². The Morgan fingerprint density at radius 2 is 1.81 bits per heavy atom. The van der Waals surface area contributed by atoms with E-state index in [1.807, 2.05) is 0 Å². The van der Waals surface area contributed by atoms with E-state index in [1.165, 1.54) is 63.1 Å². The minimum atomic E-state index is 0.639. The number of benzene rings is 2. The highest BCUT2D eigenvalue weighted by atomic mass is 15.2. The molecule has 2 saturated heterocycles. The Morgan fingerprint density at radius 3 is 2.50 bits per heavy atom. The lowest BCUT2D eigenvalue weighted by Gasteiger charge is -2.46. The molecule has 2 nitrogen and oxygen atoms in total. The summed E-state index contributed by atoms with van der Waals surface area (Å²) in [6.45, 7) is 7.39. The predicted molar refractivity (Wildman–Crippen MR) is 109 cm³/mol. The second-order valence-electron chi connectivity index (χ2n) is 8.69. The first-order valence-electron chi connectivity index (χ1n) is 10.4. The molecule has 26 heavy (non-hydrogen) atoms. The van der Waals surface area contributed by atoms with E-state index in [2.05, 4.69) is 65.3 Å². The van der Waals surface area contributed by atoms with Crippen LogP contribution in [0.3, 0.4) is 0 Å². The summed E-state index contributed by atoms with van der Waals surface area (Å²) in [4.78, 5) is 5.30. The minimum Gasteiger partial charge on any atom is -0.371 e. The number of hydrogen-bond donors (Lipinski definition) is 0. The van der Waals surface area contributed by atoms with Gasteiger partial charge in [-0.3, -0.25) is 4.90 Å². The summed E-state index contributed by atoms with van der Waals surface area (Å²) in [6, 6.07) is 19.2. The Balaban J connectivity index is 1.48. The number of likely N-dealkylation sites (tertiary alicyclic amines) is 1. The molecule has 0 spiro atoms. The first-order valence-corrected chi connectivity index (χ1v) is 10.4. The molecular formula is C24H30N2. The lowest BCUT2D eigenvalue weighted by atomic mass is 9.74. The van der Waals surface area contributed by atoms with E-state index in [-0.39, 0.29) is 0 Å². The summed E-state index contributed by atoms with van der Waals surface area (Å²) >= 11 is 0. The normalized spacial score (nSPS) is 26.1. The first-order chi connectivity index (χ1) is 12.8. The fourth-order valence-corrected chi connectivity index (χ4v) is 5.20. The molecule has 2 aromatic carbocycles. The Hall–Kier alpha value is -1.80. The van der Waals surface area contributed by atoms with Gasteiger partial charge in [-0.15, -0.1) is 0 Å². The number of nitrogens with zero attached hydrogens (tertiary/aromatic N) is 2. The van der Waals surface area contributed by atoms with E-state index in [1.54, 1.807) is 11.1 Å². The Bertz CT molecular complexity index is 759. The molecule has 0 aromatic heterocycles. The standard InChI is InChI=1S/C24H30N2/c1-18-16-26(17-18)21-10-8-20-9-11-24(25-12-5-13-25)23(22(20)15-21)14-19-6-3-2-4-7-19/h2-4,6-8,10,15,18,23-24H,5,9,11-14,16-17H2,1H3/t23-,24+/m1/s1. The van der Waals surface area contributed by atoms with Gasteiger partial charge in [-0.1, -0.05) is 43.3 Å². The quantitative estimate of drug-likeness (QED) is 0.805. The van der Waals surface area contributed by atoms with Crippen LogP contribution in [0.1, 0.15) is 42.4 Å². The summed E-state index contributed by atoms with van der Waals surface area (Å²) in [5.41, 5.74) is 6.16. The van der Waals surface area contributed by atoms with Gasteiger partial charge in [-0.25, -0.2) is 0 Å². The first kappa shape index (κ1) is 16.4. The molecule has 0 radical (unpaired) electrons. The van der Waals surface area contributed by atoms with Crippen LogP contribution in [0, 0.1) is 5.92 Å². The smallest absolute Gasteiger partial charge is 0.0369 e. The molecule has 0 saturated carbocycles. The molecule has 2 aliphatic heterocycles. The summed E-state index contributed by atoms with van der Waals surface area (Å²) in [7, 11) is 0. The highest BCUT2D eigenvalue weighted by Gasteiger charge is 2.36. The SMILES string of the molecule is CC1CN(c2ccc3c(c2)[C@@H](Cc2ccccc2)[C@@H](N2CCC2)CC3)C1. The second-order valence-corrected chi connectivity index (χ2v) is 8.69. The minimum absolute atomic E-state index is 0.639. The molecule has 1 aliphatic carbocycles. The molecular weight excluding hydrogens is 316 g/mol. The van der Waals surface area contributed by atoms with Crippen molar-refractivity contribution in [3.8, 4) is 0 Å². The maximum atomic E-state index is 2.74. The molecule has 2 heteroatoms. The van der Waals surface area contributed by atoms with E-state index < -0.39 is 0 Å². The molecule has 0 unspecified atom stereocenters. The molecule has 0 N–H and O–H groups in total. The van der Waals surface area contributed by atoms with E-state index in [4.69, 9.17) is 0 Å². The van der Waals surface area contributed by atoms with Crippen LogP contribution in [-0.2, 0) is 12.8 Å². The number of rotatable bonds is 4. The maximum absolute atomic E-state index is 2.74. The highest BCUT2D eigenvalue weighted by molar-refractivity contribution is 5.55. The van der Waals surface area contributed by atoms with Crippen molar-refractivity contribution >= 4 is 5.69 Å². The number of anilines is 1. The number of aryl methyl sites for hydroxylation is 1. The fourth-order valence-electron chi connectivity index (χ4n) is 5.20. The van der Waals surface area contributed by atoms with E-state index in [0.717, 1.165) is 12.0 Å². The monoisotopic (exact) mass is 346 g/mol. The Labute approximate surface area is 157 Å². The van der Waals surface area contributed by atoms with Gasteiger partial charge in [0.1, 0.15) is 0 Å². The van der Waals surface area contributed by atoms with Gasteiger partial charge in [0.15, 0.2) is 0 Å². The van der Waals surface area contributed by atoms with E-state index in [0.29, 0.717) is 5.92 Å². The van der Waals surface area contributed by atoms with Crippen molar-refractivity contribution in [2.45, 2.75) is 44.6 Å². The third-order valence-electron chi connectivity index (χ3n) is 6.79. The molecule has 2 fully saturated rings. The zero-order valence-electron chi connectivity index (χ0n) is 15.9.